The first-order valence-corrected chi connectivity index (χ1v) is 15.6. The zero-order valence-corrected chi connectivity index (χ0v) is 29.5. The van der Waals surface area contributed by atoms with E-state index in [1.807, 2.05) is 0 Å². The minimum atomic E-state index is -1.61. The Labute approximate surface area is 293 Å². The van der Waals surface area contributed by atoms with E-state index in [9.17, 15) is 28.8 Å². The molecule has 0 aliphatic carbocycles. The summed E-state index contributed by atoms with van der Waals surface area (Å²) in [7, 11) is 4.12. The monoisotopic (exact) mass is 722 g/mol. The van der Waals surface area contributed by atoms with Crippen molar-refractivity contribution in [3.8, 4) is 11.5 Å². The Morgan fingerprint density at radius 1 is 0.784 bits per heavy atom. The fourth-order valence-corrected chi connectivity index (χ4v) is 5.40. The third-order valence-corrected chi connectivity index (χ3v) is 7.55. The normalized spacial score (nSPS) is 24.9. The molecule has 2 heterocycles. The Balaban J connectivity index is 1.94. The number of benzene rings is 1. The number of hydrogen-bond donors (Lipinski definition) is 0. The molecule has 0 saturated carbocycles. The second-order valence-electron chi connectivity index (χ2n) is 11.1. The third-order valence-electron chi connectivity index (χ3n) is 7.55. The predicted octanol–water partition coefficient (Wildman–Crippen LogP) is 2.21. The van der Waals surface area contributed by atoms with Crippen LogP contribution in [0.2, 0.25) is 0 Å². The van der Waals surface area contributed by atoms with Gasteiger partial charge in [-0.1, -0.05) is 12.1 Å². The molecule has 1 saturated heterocycles. The second kappa shape index (κ2) is 18.7. The third kappa shape index (κ3) is 10.9. The van der Waals surface area contributed by atoms with Crippen molar-refractivity contribution in [3.63, 3.8) is 0 Å². The summed E-state index contributed by atoms with van der Waals surface area (Å²) < 4.78 is 60.4. The van der Waals surface area contributed by atoms with Crippen molar-refractivity contribution in [2.45, 2.75) is 84.6 Å². The molecule has 1 aromatic rings. The molecule has 1 fully saturated rings. The molecule has 280 valence electrons. The molecular formula is C34H42O17. The van der Waals surface area contributed by atoms with E-state index >= 15 is 0 Å². The van der Waals surface area contributed by atoms with E-state index in [2.05, 4.69) is 0 Å². The molecule has 51 heavy (non-hydrogen) atoms. The average Bonchev–Trinajstić information content (AvgIpc) is 3.08. The number of ether oxygens (including phenoxy) is 11. The maximum atomic E-state index is 13.2. The van der Waals surface area contributed by atoms with Crippen molar-refractivity contribution < 1.29 is 80.9 Å². The van der Waals surface area contributed by atoms with Crippen LogP contribution in [0.25, 0.3) is 0 Å². The van der Waals surface area contributed by atoms with Crippen LogP contribution in [0.3, 0.4) is 0 Å². The fraction of sp³-hybridized carbons (Fsp3) is 0.529. The first-order valence-electron chi connectivity index (χ1n) is 15.6. The minimum Gasteiger partial charge on any atom is -0.493 e. The van der Waals surface area contributed by atoms with Gasteiger partial charge in [0, 0.05) is 39.2 Å². The minimum absolute atomic E-state index is 0.0324. The molecule has 2 aliphatic heterocycles. The van der Waals surface area contributed by atoms with Crippen LogP contribution in [0.5, 0.6) is 11.5 Å². The van der Waals surface area contributed by atoms with E-state index in [0.29, 0.717) is 17.1 Å². The summed E-state index contributed by atoms with van der Waals surface area (Å²) in [4.78, 5) is 74.3. The zero-order valence-electron chi connectivity index (χ0n) is 29.5. The lowest BCUT2D eigenvalue weighted by Gasteiger charge is -2.45. The molecule has 0 spiro atoms. The van der Waals surface area contributed by atoms with Gasteiger partial charge in [-0.25, -0.2) is 4.79 Å². The Morgan fingerprint density at radius 2 is 1.41 bits per heavy atom. The first kappa shape index (κ1) is 40.3. The lowest BCUT2D eigenvalue weighted by Crippen LogP contribution is -2.63. The number of methoxy groups -OCH3 is 3. The maximum Gasteiger partial charge on any atom is 0.337 e. The highest BCUT2D eigenvalue weighted by atomic mass is 16.8. The Bertz CT molecular complexity index is 1510. The van der Waals surface area contributed by atoms with E-state index in [0.717, 1.165) is 41.1 Å². The molecule has 0 N–H and O–H groups in total. The molecule has 17 heteroatoms. The summed E-state index contributed by atoms with van der Waals surface area (Å²) in [6.45, 7) is 5.38. The van der Waals surface area contributed by atoms with E-state index in [1.165, 1.54) is 20.3 Å². The molecule has 0 unspecified atom stereocenters. The number of allylic oxidation sites excluding steroid dienone is 1. The van der Waals surface area contributed by atoms with Crippen molar-refractivity contribution >= 4 is 35.8 Å². The number of hydrogen-bond acceptors (Lipinski definition) is 17. The van der Waals surface area contributed by atoms with Gasteiger partial charge in [0.1, 0.15) is 19.3 Å². The largest absolute Gasteiger partial charge is 0.493 e. The topological polar surface area (TPSA) is 204 Å². The summed E-state index contributed by atoms with van der Waals surface area (Å²) in [6, 6.07) is 5.00. The molecule has 7 atom stereocenters. The van der Waals surface area contributed by atoms with E-state index in [1.54, 1.807) is 25.1 Å². The molecule has 2 aliphatic rings. The summed E-state index contributed by atoms with van der Waals surface area (Å²) in [5, 5.41) is 0. The highest BCUT2D eigenvalue weighted by Crippen LogP contribution is 2.38. The maximum absolute atomic E-state index is 13.2. The van der Waals surface area contributed by atoms with Crippen LogP contribution in [0.4, 0.5) is 0 Å². The Morgan fingerprint density at radius 3 is 1.98 bits per heavy atom. The number of carbonyl (C=O) groups excluding carboxylic acids is 6. The van der Waals surface area contributed by atoms with Crippen molar-refractivity contribution in [1.82, 2.24) is 0 Å². The molecular weight excluding hydrogens is 680 g/mol. The van der Waals surface area contributed by atoms with Gasteiger partial charge in [0.25, 0.3) is 0 Å². The van der Waals surface area contributed by atoms with Gasteiger partial charge in [-0.15, -0.1) is 0 Å². The van der Waals surface area contributed by atoms with Crippen LogP contribution in [0.15, 0.2) is 41.7 Å². The summed E-state index contributed by atoms with van der Waals surface area (Å²) in [6.07, 6.45) is -6.54. The van der Waals surface area contributed by atoms with Gasteiger partial charge >= 0.3 is 35.8 Å². The van der Waals surface area contributed by atoms with Crippen LogP contribution < -0.4 is 9.47 Å². The van der Waals surface area contributed by atoms with Gasteiger partial charge < -0.3 is 52.1 Å². The van der Waals surface area contributed by atoms with Gasteiger partial charge in [0.15, 0.2) is 29.8 Å². The summed E-state index contributed by atoms with van der Waals surface area (Å²) in [5.41, 5.74) is 0.816. The molecule has 0 radical (unpaired) electrons. The average molecular weight is 723 g/mol. The van der Waals surface area contributed by atoms with Gasteiger partial charge in [-0.3, -0.25) is 24.0 Å². The molecule has 0 aromatic heterocycles. The van der Waals surface area contributed by atoms with Crippen LogP contribution in [0, 0.1) is 5.92 Å². The predicted molar refractivity (Wildman–Crippen MR) is 169 cm³/mol. The number of rotatable bonds is 14. The van der Waals surface area contributed by atoms with Crippen molar-refractivity contribution in [3.05, 3.63) is 47.2 Å². The lowest BCUT2D eigenvalue weighted by atomic mass is 9.86. The van der Waals surface area contributed by atoms with Crippen molar-refractivity contribution in [2.24, 2.45) is 5.92 Å². The second-order valence-corrected chi connectivity index (χ2v) is 11.1. The molecule has 0 amide bonds. The molecule has 0 bridgehead atoms. The summed E-state index contributed by atoms with van der Waals surface area (Å²) in [5.74, 6) is -4.73. The molecule has 17 nitrogen and oxygen atoms in total. The zero-order chi connectivity index (χ0) is 37.8. The fourth-order valence-electron chi connectivity index (χ4n) is 5.40. The van der Waals surface area contributed by atoms with Crippen molar-refractivity contribution in [1.29, 1.82) is 0 Å². The standard InChI is InChI=1S/C34H42O17/c1-9-22-23(13-28(39)45-14-21-10-11-25(41-6)26(12-21)42-7)24(32(40)43-8)15-46-33(22)51-34-31(49-20(5)38)30(48-19(4)37)29(47-18(3)36)27(50-34)16-44-17(2)35/h9-12,15,23,27,29-31,33-34H,13-14,16H2,1-8H3/b22-9+/t23-,27+,29+,30-,31+,33-,34-/m0/s1. The molecule has 1 aromatic carbocycles. The van der Waals surface area contributed by atoms with Crippen LogP contribution in [0.1, 0.15) is 46.6 Å². The highest BCUT2D eigenvalue weighted by molar-refractivity contribution is 5.90. The van der Waals surface area contributed by atoms with Gasteiger partial charge in [0.05, 0.1) is 39.6 Å². The van der Waals surface area contributed by atoms with Crippen LogP contribution >= 0.6 is 0 Å². The number of carbonyl (C=O) groups is 6. The number of esters is 6. The van der Waals surface area contributed by atoms with E-state index in [-0.39, 0.29) is 24.2 Å². The van der Waals surface area contributed by atoms with Crippen LogP contribution in [-0.4, -0.2) is 101 Å². The van der Waals surface area contributed by atoms with E-state index < -0.39 is 85.3 Å². The van der Waals surface area contributed by atoms with Crippen LogP contribution in [-0.2, 0) is 78.0 Å². The van der Waals surface area contributed by atoms with Gasteiger partial charge in [-0.2, -0.15) is 0 Å². The lowest BCUT2D eigenvalue weighted by molar-refractivity contribution is -0.331. The van der Waals surface area contributed by atoms with Gasteiger partial charge in [-0.05, 0) is 24.6 Å². The Hall–Kier alpha value is -5.16. The SMILES string of the molecule is C/C=C1/[C@H](O[C@@H]2O[C@H](COC(C)=O)[C@@H](OC(C)=O)[C@H](OC(C)=O)[C@H]2OC(C)=O)OC=C(C(=O)OC)[C@H]1CC(=O)OCc1ccc(OC)c(OC)c1. The van der Waals surface area contributed by atoms with E-state index in [4.69, 9.17) is 52.1 Å². The first-order chi connectivity index (χ1) is 24.2. The van der Waals surface area contributed by atoms with Crippen molar-refractivity contribution in [2.75, 3.05) is 27.9 Å². The summed E-state index contributed by atoms with van der Waals surface area (Å²) >= 11 is 0. The highest BCUT2D eigenvalue weighted by Gasteiger charge is 2.54. The quantitative estimate of drug-likeness (QED) is 0.153. The van der Waals surface area contributed by atoms with Gasteiger partial charge in [0.2, 0.25) is 12.6 Å². The molecule has 3 rings (SSSR count). The smallest absolute Gasteiger partial charge is 0.337 e. The Kier molecular flexibility index (Phi) is 14.8.